The molecule has 1 aliphatic heterocycles. The zero-order valence-electron chi connectivity index (χ0n) is 12.8. The van der Waals surface area contributed by atoms with Gasteiger partial charge in [-0.1, -0.05) is 29.8 Å². The van der Waals surface area contributed by atoms with Gasteiger partial charge in [-0.05, 0) is 17.7 Å². The molecular weight excluding hydrogens is 336 g/mol. The van der Waals surface area contributed by atoms with E-state index in [0.29, 0.717) is 13.1 Å². The molecule has 2 aromatic rings. The van der Waals surface area contributed by atoms with Crippen molar-refractivity contribution in [2.24, 2.45) is 0 Å². The average molecular weight is 355 g/mol. The lowest BCUT2D eigenvalue weighted by molar-refractivity contribution is 0.168. The third kappa shape index (κ3) is 4.11. The summed E-state index contributed by atoms with van der Waals surface area (Å²) in [6.45, 7) is 2.52. The number of nitrogens with zero attached hydrogens (tertiary/aromatic N) is 3. The highest BCUT2D eigenvalue weighted by Crippen LogP contribution is 2.24. The molecule has 3 rings (SSSR count). The highest BCUT2D eigenvalue weighted by Gasteiger charge is 2.26. The molecule has 0 aliphatic carbocycles. The fourth-order valence-electron chi connectivity index (χ4n) is 2.85. The van der Waals surface area contributed by atoms with Gasteiger partial charge < -0.3 is 0 Å². The number of fused-ring (bicyclic) bond motifs is 1. The summed E-state index contributed by atoms with van der Waals surface area (Å²) in [5.41, 5.74) is 2.14. The Bertz CT molecular complexity index is 790. The maximum absolute atomic E-state index is 11.4. The number of sulfonamides is 1. The van der Waals surface area contributed by atoms with Crippen LogP contribution in [0.3, 0.4) is 0 Å². The van der Waals surface area contributed by atoms with Crippen molar-refractivity contribution in [2.75, 3.05) is 19.3 Å². The minimum Gasteiger partial charge on any atom is -0.291 e. The Balaban J connectivity index is 1.76. The summed E-state index contributed by atoms with van der Waals surface area (Å²) in [7, 11) is -3.22. The first-order chi connectivity index (χ1) is 10.9. The lowest BCUT2D eigenvalue weighted by Gasteiger charge is -2.34. The average Bonchev–Trinajstić information content (AvgIpc) is 2.95. The van der Waals surface area contributed by atoms with Crippen molar-refractivity contribution in [3.8, 4) is 0 Å². The molecule has 0 saturated carbocycles. The van der Waals surface area contributed by atoms with Crippen LogP contribution in [0.4, 0.5) is 0 Å². The van der Waals surface area contributed by atoms with Gasteiger partial charge >= 0.3 is 0 Å². The molecule has 1 aromatic carbocycles. The normalized spacial score (nSPS) is 18.8. The highest BCUT2D eigenvalue weighted by molar-refractivity contribution is 7.88. The molecule has 1 N–H and O–H groups in total. The van der Waals surface area contributed by atoms with Crippen LogP contribution in [0.5, 0.6) is 0 Å². The second kappa shape index (κ2) is 6.60. The van der Waals surface area contributed by atoms with E-state index in [2.05, 4.69) is 14.7 Å². The smallest absolute Gasteiger partial charge is 0.208 e. The third-order valence-corrected chi connectivity index (χ3v) is 4.95. The van der Waals surface area contributed by atoms with Crippen LogP contribution >= 0.6 is 11.6 Å². The first kappa shape index (κ1) is 16.4. The molecule has 0 fully saturated rings. The number of hydrogen-bond acceptors (Lipinski definition) is 4. The molecule has 8 heteroatoms. The van der Waals surface area contributed by atoms with E-state index in [1.807, 2.05) is 35.0 Å². The Hall–Kier alpha value is -1.41. The van der Waals surface area contributed by atoms with Crippen molar-refractivity contribution >= 4 is 21.6 Å². The minimum atomic E-state index is -3.22. The molecule has 1 atom stereocenters. The predicted molar refractivity (Wildman–Crippen MR) is 89.7 cm³/mol. The van der Waals surface area contributed by atoms with Crippen LogP contribution < -0.4 is 4.72 Å². The van der Waals surface area contributed by atoms with Crippen molar-refractivity contribution in [1.29, 1.82) is 0 Å². The van der Waals surface area contributed by atoms with Gasteiger partial charge in [0.2, 0.25) is 10.0 Å². The summed E-state index contributed by atoms with van der Waals surface area (Å²) in [6, 6.07) is 9.71. The summed E-state index contributed by atoms with van der Waals surface area (Å²) in [5.74, 6) is 0. The number of hydrogen-bond donors (Lipinski definition) is 1. The Morgan fingerprint density at radius 2 is 2.13 bits per heavy atom. The van der Waals surface area contributed by atoms with E-state index in [1.165, 1.54) is 6.26 Å². The Morgan fingerprint density at radius 3 is 2.87 bits per heavy atom. The van der Waals surface area contributed by atoms with Crippen LogP contribution in [-0.2, 0) is 23.1 Å². The Kier molecular flexibility index (Phi) is 4.72. The maximum Gasteiger partial charge on any atom is 0.208 e. The SMILES string of the molecule is CS(=O)(=O)NCC1CN(Cc2ccccc2Cl)Cc2ccnn21. The second-order valence-electron chi connectivity index (χ2n) is 5.80. The van der Waals surface area contributed by atoms with Gasteiger partial charge in [0.15, 0.2) is 0 Å². The monoisotopic (exact) mass is 354 g/mol. The molecule has 0 radical (unpaired) electrons. The summed E-state index contributed by atoms with van der Waals surface area (Å²) in [5, 5.41) is 5.07. The van der Waals surface area contributed by atoms with Gasteiger partial charge in [-0.2, -0.15) is 5.10 Å². The third-order valence-electron chi connectivity index (χ3n) is 3.89. The van der Waals surface area contributed by atoms with Gasteiger partial charge in [-0.15, -0.1) is 0 Å². The number of benzene rings is 1. The van der Waals surface area contributed by atoms with Crippen molar-refractivity contribution in [3.05, 3.63) is 52.8 Å². The van der Waals surface area contributed by atoms with Crippen molar-refractivity contribution in [3.63, 3.8) is 0 Å². The predicted octanol–water partition coefficient (Wildman–Crippen LogP) is 1.64. The van der Waals surface area contributed by atoms with Crippen LogP contribution in [0.1, 0.15) is 17.3 Å². The van der Waals surface area contributed by atoms with Gasteiger partial charge in [0, 0.05) is 37.4 Å². The van der Waals surface area contributed by atoms with Gasteiger partial charge in [0.25, 0.3) is 0 Å². The first-order valence-corrected chi connectivity index (χ1v) is 9.62. The van der Waals surface area contributed by atoms with Crippen LogP contribution in [0.25, 0.3) is 0 Å². The van der Waals surface area contributed by atoms with E-state index in [9.17, 15) is 8.42 Å². The van der Waals surface area contributed by atoms with Gasteiger partial charge in [0.1, 0.15) is 0 Å². The van der Waals surface area contributed by atoms with E-state index >= 15 is 0 Å². The molecule has 1 unspecified atom stereocenters. The van der Waals surface area contributed by atoms with E-state index in [4.69, 9.17) is 11.6 Å². The molecule has 0 spiro atoms. The number of rotatable bonds is 5. The molecule has 2 heterocycles. The van der Waals surface area contributed by atoms with Crippen molar-refractivity contribution in [2.45, 2.75) is 19.1 Å². The van der Waals surface area contributed by atoms with Crippen molar-refractivity contribution < 1.29 is 8.42 Å². The number of halogens is 1. The molecule has 0 amide bonds. The fourth-order valence-corrected chi connectivity index (χ4v) is 3.54. The number of aromatic nitrogens is 2. The zero-order valence-corrected chi connectivity index (χ0v) is 14.4. The lowest BCUT2D eigenvalue weighted by atomic mass is 10.1. The lowest BCUT2D eigenvalue weighted by Crippen LogP contribution is -2.42. The van der Waals surface area contributed by atoms with Gasteiger partial charge in [-0.25, -0.2) is 13.1 Å². The van der Waals surface area contributed by atoms with E-state index in [1.54, 1.807) is 6.20 Å². The quantitative estimate of drug-likeness (QED) is 0.886. The Labute approximate surface area is 141 Å². The number of nitrogens with one attached hydrogen (secondary N) is 1. The summed E-state index contributed by atoms with van der Waals surface area (Å²) >= 11 is 6.24. The molecule has 6 nitrogen and oxygen atoms in total. The van der Waals surface area contributed by atoms with E-state index in [-0.39, 0.29) is 6.04 Å². The van der Waals surface area contributed by atoms with E-state index in [0.717, 1.165) is 29.4 Å². The summed E-state index contributed by atoms with van der Waals surface area (Å²) < 4.78 is 27.2. The van der Waals surface area contributed by atoms with Gasteiger partial charge in [-0.3, -0.25) is 9.58 Å². The highest BCUT2D eigenvalue weighted by atomic mass is 35.5. The molecular formula is C15H19ClN4O2S. The van der Waals surface area contributed by atoms with Crippen LogP contribution in [-0.4, -0.2) is 42.4 Å². The second-order valence-corrected chi connectivity index (χ2v) is 8.04. The maximum atomic E-state index is 11.4. The van der Waals surface area contributed by atoms with E-state index < -0.39 is 10.0 Å². The molecule has 23 heavy (non-hydrogen) atoms. The summed E-state index contributed by atoms with van der Waals surface area (Å²) in [4.78, 5) is 2.26. The topological polar surface area (TPSA) is 67.2 Å². The standard InChI is InChI=1S/C15H19ClN4O2S/c1-23(21,22)18-8-14-11-19(10-13-6-7-17-20(13)14)9-12-4-2-3-5-15(12)16/h2-7,14,18H,8-11H2,1H3. The zero-order chi connectivity index (χ0) is 16.4. The Morgan fingerprint density at radius 1 is 1.35 bits per heavy atom. The van der Waals surface area contributed by atoms with Crippen LogP contribution in [0.15, 0.2) is 36.5 Å². The molecule has 0 saturated heterocycles. The fraction of sp³-hybridized carbons (Fsp3) is 0.400. The first-order valence-electron chi connectivity index (χ1n) is 7.35. The van der Waals surface area contributed by atoms with Crippen LogP contribution in [0.2, 0.25) is 5.02 Å². The summed E-state index contributed by atoms with van der Waals surface area (Å²) in [6.07, 6.45) is 2.92. The van der Waals surface area contributed by atoms with Crippen molar-refractivity contribution in [1.82, 2.24) is 19.4 Å². The molecule has 0 bridgehead atoms. The van der Waals surface area contributed by atoms with Crippen LogP contribution in [0, 0.1) is 0 Å². The minimum absolute atomic E-state index is 0.0361. The van der Waals surface area contributed by atoms with Gasteiger partial charge in [0.05, 0.1) is 18.0 Å². The molecule has 1 aromatic heterocycles. The molecule has 124 valence electrons. The molecule has 1 aliphatic rings. The largest absolute Gasteiger partial charge is 0.291 e.